The number of benzene rings is 1. The summed E-state index contributed by atoms with van der Waals surface area (Å²) in [6.45, 7) is 5.89. The van der Waals surface area contributed by atoms with Gasteiger partial charge in [0.1, 0.15) is 22.6 Å². The molecule has 10 nitrogen and oxygen atoms in total. The van der Waals surface area contributed by atoms with Gasteiger partial charge in [-0.1, -0.05) is 61.3 Å². The highest BCUT2D eigenvalue weighted by Crippen LogP contribution is 2.63. The van der Waals surface area contributed by atoms with Crippen LogP contribution >= 0.6 is 30.9 Å². The topological polar surface area (TPSA) is 131 Å². The molecule has 3 N–H and O–H groups in total. The molecule has 3 aromatic rings. The Hall–Kier alpha value is -2.62. The van der Waals surface area contributed by atoms with Gasteiger partial charge in [-0.3, -0.25) is 9.05 Å². The van der Waals surface area contributed by atoms with Crippen molar-refractivity contribution in [3.05, 3.63) is 69.5 Å². The summed E-state index contributed by atoms with van der Waals surface area (Å²) in [7, 11) is -4.15. The summed E-state index contributed by atoms with van der Waals surface area (Å²) >= 11 is 12.3. The van der Waals surface area contributed by atoms with Gasteiger partial charge in [0.15, 0.2) is 5.82 Å². The molecular weight excluding hydrogens is 528 g/mol. The number of rotatable bonds is 7. The largest absolute Gasteiger partial charge is 0.462 e. The number of carbonyl (C=O) groups is 1. The molecule has 13 heteroatoms. The first-order valence-electron chi connectivity index (χ1n) is 11.1. The van der Waals surface area contributed by atoms with Gasteiger partial charge in [-0.05, 0) is 24.6 Å². The van der Waals surface area contributed by atoms with Crippen LogP contribution in [0.2, 0.25) is 10.2 Å². The Kier molecular flexibility index (Phi) is 7.64. The van der Waals surface area contributed by atoms with Gasteiger partial charge >= 0.3 is 13.7 Å². The van der Waals surface area contributed by atoms with Gasteiger partial charge < -0.3 is 15.8 Å². The fraction of sp³-hybridized carbons (Fsp3) is 0.348. The molecule has 1 fully saturated rings. The molecule has 0 radical (unpaired) electrons. The van der Waals surface area contributed by atoms with E-state index in [1.807, 2.05) is 19.9 Å². The minimum absolute atomic E-state index is 0.0578. The van der Waals surface area contributed by atoms with Gasteiger partial charge in [-0.15, -0.1) is 9.55 Å². The van der Waals surface area contributed by atoms with E-state index in [9.17, 15) is 9.36 Å². The number of carbonyl (C=O) groups excluding carboxylic acids is 1. The smallest absolute Gasteiger partial charge is 0.457 e. The normalized spacial score (nSPS) is 21.2. The highest BCUT2D eigenvalue weighted by Gasteiger charge is 2.49. The Morgan fingerprint density at radius 3 is 2.72 bits per heavy atom. The van der Waals surface area contributed by atoms with E-state index in [-0.39, 0.29) is 37.0 Å². The first-order valence-corrected chi connectivity index (χ1v) is 13.4. The third kappa shape index (κ3) is 5.23. The maximum absolute atomic E-state index is 14.0. The highest BCUT2D eigenvalue weighted by atomic mass is 35.5. The van der Waals surface area contributed by atoms with Crippen LogP contribution in [0.4, 0.5) is 11.6 Å². The minimum Gasteiger partial charge on any atom is -0.462 e. The Bertz CT molecular complexity index is 1310. The van der Waals surface area contributed by atoms with Gasteiger partial charge in [0.05, 0.1) is 13.2 Å². The van der Waals surface area contributed by atoms with Crippen molar-refractivity contribution < 1.29 is 23.1 Å². The number of pyridine rings is 1. The Morgan fingerprint density at radius 2 is 2.06 bits per heavy atom. The molecular formula is C23H26Cl2N5O5P. The van der Waals surface area contributed by atoms with Crippen LogP contribution in [0, 0.1) is 5.41 Å². The number of hydrogen-bond acceptors (Lipinski definition) is 9. The van der Waals surface area contributed by atoms with Crippen LogP contribution in [0.5, 0.6) is 0 Å². The molecule has 2 aromatic heterocycles. The standard InChI is InChI=1S/C23H26Cl2N5O5P/c1-4-33-22(31)18-20(26)30(29-21(18)28-12-14-9-10-17(25)27-11-14)36(32)34-13-23(2,3)19(35-36)15-7-5-6-8-16(15)24/h5-11,19H,4,12-13,26H2,1-3H3,(H,28,29)/t19-,36-/m0/s1. The molecule has 1 aliphatic heterocycles. The average molecular weight is 554 g/mol. The number of esters is 1. The van der Waals surface area contributed by atoms with E-state index in [0.717, 1.165) is 10.0 Å². The lowest BCUT2D eigenvalue weighted by molar-refractivity contribution is -0.0303. The van der Waals surface area contributed by atoms with Crippen molar-refractivity contribution in [1.29, 1.82) is 0 Å². The zero-order valence-electron chi connectivity index (χ0n) is 19.9. The molecule has 0 aliphatic carbocycles. The fourth-order valence-corrected chi connectivity index (χ4v) is 6.06. The number of ether oxygens (including phenoxy) is 1. The molecule has 0 amide bonds. The SMILES string of the molecule is CCOC(=O)c1c(NCc2ccc(Cl)nc2)nn([P@]2(=O)OCC(C)(C)[C@H](c3ccccc3Cl)O2)c1N. The number of anilines is 2. The van der Waals surface area contributed by atoms with Gasteiger partial charge in [0, 0.05) is 28.7 Å². The third-order valence-electron chi connectivity index (χ3n) is 5.60. The number of nitrogens with zero attached hydrogens (tertiary/aromatic N) is 3. The summed E-state index contributed by atoms with van der Waals surface area (Å²) in [5.74, 6) is -0.891. The van der Waals surface area contributed by atoms with Crippen LogP contribution in [0.15, 0.2) is 42.6 Å². The van der Waals surface area contributed by atoms with Crippen LogP contribution in [0.3, 0.4) is 0 Å². The highest BCUT2D eigenvalue weighted by molar-refractivity contribution is 7.52. The van der Waals surface area contributed by atoms with E-state index >= 15 is 0 Å². The Labute approximate surface area is 218 Å². The maximum atomic E-state index is 14.0. The summed E-state index contributed by atoms with van der Waals surface area (Å²) in [6, 6.07) is 10.5. The maximum Gasteiger partial charge on any atom is 0.457 e. The molecule has 0 saturated carbocycles. The second kappa shape index (κ2) is 10.4. The van der Waals surface area contributed by atoms with Crippen LogP contribution in [0.1, 0.15) is 48.4 Å². The molecule has 0 unspecified atom stereocenters. The molecule has 0 spiro atoms. The molecule has 1 aliphatic rings. The number of nitrogens with one attached hydrogen (secondary N) is 1. The molecule has 4 rings (SSSR count). The van der Waals surface area contributed by atoms with Crippen molar-refractivity contribution in [1.82, 2.24) is 14.5 Å². The summed E-state index contributed by atoms with van der Waals surface area (Å²) in [5, 5.41) is 8.16. The Morgan fingerprint density at radius 1 is 1.31 bits per heavy atom. The van der Waals surface area contributed by atoms with Crippen molar-refractivity contribution in [2.24, 2.45) is 5.41 Å². The molecule has 1 aromatic carbocycles. The number of aromatic nitrogens is 3. The van der Waals surface area contributed by atoms with E-state index < -0.39 is 25.2 Å². The van der Waals surface area contributed by atoms with E-state index in [4.69, 9.17) is 42.7 Å². The first kappa shape index (κ1) is 26.4. The van der Waals surface area contributed by atoms with E-state index in [1.165, 1.54) is 0 Å². The van der Waals surface area contributed by atoms with E-state index in [1.54, 1.807) is 43.5 Å². The molecule has 36 heavy (non-hydrogen) atoms. The molecule has 0 bridgehead atoms. The van der Waals surface area contributed by atoms with Crippen LogP contribution < -0.4 is 11.1 Å². The van der Waals surface area contributed by atoms with Gasteiger partial charge in [-0.2, -0.15) is 0 Å². The summed E-state index contributed by atoms with van der Waals surface area (Å²) in [6.07, 6.45) is 0.878. The van der Waals surface area contributed by atoms with Crippen molar-refractivity contribution in [3.63, 3.8) is 0 Å². The molecule has 3 heterocycles. The lowest BCUT2D eigenvalue weighted by Gasteiger charge is -2.41. The van der Waals surface area contributed by atoms with Crippen molar-refractivity contribution >= 4 is 48.6 Å². The second-order valence-electron chi connectivity index (χ2n) is 8.80. The van der Waals surface area contributed by atoms with Gasteiger partial charge in [0.25, 0.3) is 0 Å². The zero-order chi connectivity index (χ0) is 26.1. The van der Waals surface area contributed by atoms with Gasteiger partial charge in [0.2, 0.25) is 0 Å². The summed E-state index contributed by atoms with van der Waals surface area (Å²) < 4.78 is 31.9. The Balaban J connectivity index is 1.72. The predicted octanol–water partition coefficient (Wildman–Crippen LogP) is 5.73. The minimum atomic E-state index is -4.15. The molecule has 1 saturated heterocycles. The van der Waals surface area contributed by atoms with Crippen molar-refractivity contribution in [2.75, 3.05) is 24.3 Å². The third-order valence-corrected chi connectivity index (χ3v) is 7.87. The van der Waals surface area contributed by atoms with E-state index in [0.29, 0.717) is 15.7 Å². The monoisotopic (exact) mass is 553 g/mol. The average Bonchev–Trinajstić information content (AvgIpc) is 3.18. The number of hydrogen-bond donors (Lipinski definition) is 2. The quantitative estimate of drug-likeness (QED) is 0.214. The second-order valence-corrected chi connectivity index (χ2v) is 11.4. The number of halogens is 2. The molecule has 2 atom stereocenters. The van der Waals surface area contributed by atoms with Crippen molar-refractivity contribution in [3.8, 4) is 0 Å². The fourth-order valence-electron chi connectivity index (χ4n) is 3.73. The predicted molar refractivity (Wildman–Crippen MR) is 137 cm³/mol. The van der Waals surface area contributed by atoms with Crippen LogP contribution in [-0.4, -0.2) is 33.7 Å². The molecule has 192 valence electrons. The number of nitrogen functional groups attached to an aromatic ring is 1. The van der Waals surface area contributed by atoms with Crippen molar-refractivity contribution in [2.45, 2.75) is 33.4 Å². The summed E-state index contributed by atoms with van der Waals surface area (Å²) in [4.78, 5) is 16.8. The first-order chi connectivity index (χ1) is 17.1. The zero-order valence-corrected chi connectivity index (χ0v) is 22.3. The van der Waals surface area contributed by atoms with Crippen LogP contribution in [-0.2, 0) is 24.9 Å². The summed E-state index contributed by atoms with van der Waals surface area (Å²) in [5.41, 5.74) is 7.05. The van der Waals surface area contributed by atoms with Crippen LogP contribution in [0.25, 0.3) is 0 Å². The van der Waals surface area contributed by atoms with E-state index in [2.05, 4.69) is 15.4 Å². The van der Waals surface area contributed by atoms with Gasteiger partial charge in [-0.25, -0.2) is 14.3 Å². The lowest BCUT2D eigenvalue weighted by atomic mass is 9.83. The lowest BCUT2D eigenvalue weighted by Crippen LogP contribution is -2.35. The number of nitrogens with two attached hydrogens (primary N) is 1.